The zero-order chi connectivity index (χ0) is 25.5. The van der Waals surface area contributed by atoms with Crippen LogP contribution in [0.5, 0.6) is 0 Å². The second-order valence-corrected chi connectivity index (χ2v) is 10.8. The lowest BCUT2D eigenvalue weighted by molar-refractivity contribution is -0.124. The molecule has 1 aromatic heterocycles. The van der Waals surface area contributed by atoms with Crippen LogP contribution < -0.4 is 10.6 Å². The van der Waals surface area contributed by atoms with E-state index in [9.17, 15) is 18.0 Å². The molecule has 0 spiro atoms. The number of nitrogens with zero attached hydrogens (tertiary/aromatic N) is 2. The molecule has 10 heteroatoms. The van der Waals surface area contributed by atoms with Gasteiger partial charge in [0.2, 0.25) is 15.9 Å². The molecule has 1 aliphatic heterocycles. The fourth-order valence-corrected chi connectivity index (χ4v) is 5.70. The van der Waals surface area contributed by atoms with Gasteiger partial charge < -0.3 is 10.6 Å². The maximum atomic E-state index is 13.6. The van der Waals surface area contributed by atoms with Crippen molar-refractivity contribution >= 4 is 33.4 Å². The van der Waals surface area contributed by atoms with Gasteiger partial charge in [0.05, 0.1) is 0 Å². The van der Waals surface area contributed by atoms with Gasteiger partial charge in [-0.3, -0.25) is 9.59 Å². The molecule has 36 heavy (non-hydrogen) atoms. The van der Waals surface area contributed by atoms with Gasteiger partial charge in [-0.15, -0.1) is 0 Å². The smallest absolute Gasteiger partial charge is 0.251 e. The maximum Gasteiger partial charge on any atom is 0.251 e. The highest BCUT2D eigenvalue weighted by atomic mass is 35.5. The minimum atomic E-state index is -4.06. The summed E-state index contributed by atoms with van der Waals surface area (Å²) in [6, 6.07) is 18.2. The number of hydrogen-bond donors (Lipinski definition) is 2. The number of amides is 2. The zero-order valence-electron chi connectivity index (χ0n) is 19.6. The highest BCUT2D eigenvalue weighted by molar-refractivity contribution is 7.89. The van der Waals surface area contributed by atoms with Gasteiger partial charge in [-0.05, 0) is 54.7 Å². The van der Waals surface area contributed by atoms with Gasteiger partial charge >= 0.3 is 0 Å². The molecule has 8 nitrogen and oxygen atoms in total. The Hall–Kier alpha value is -3.27. The van der Waals surface area contributed by atoms with E-state index in [2.05, 4.69) is 15.6 Å². The molecule has 0 bridgehead atoms. The highest BCUT2D eigenvalue weighted by Gasteiger charge is 2.36. The van der Waals surface area contributed by atoms with Crippen molar-refractivity contribution in [2.24, 2.45) is 0 Å². The molecular weight excluding hydrogens is 500 g/mol. The fraction of sp³-hybridized carbons (Fsp3) is 0.269. The van der Waals surface area contributed by atoms with Gasteiger partial charge in [0.15, 0.2) is 0 Å². The monoisotopic (exact) mass is 526 g/mol. The van der Waals surface area contributed by atoms with Crippen molar-refractivity contribution in [3.63, 3.8) is 0 Å². The predicted molar refractivity (Wildman–Crippen MR) is 137 cm³/mol. The normalized spacial score (nSPS) is 16.3. The third kappa shape index (κ3) is 6.29. The average Bonchev–Trinajstić information content (AvgIpc) is 3.11. The molecule has 2 aromatic carbocycles. The van der Waals surface area contributed by atoms with Crippen LogP contribution in [0.15, 0.2) is 77.8 Å². The third-order valence-corrected chi connectivity index (χ3v) is 8.07. The van der Waals surface area contributed by atoms with Crippen molar-refractivity contribution in [2.75, 3.05) is 6.54 Å². The summed E-state index contributed by atoms with van der Waals surface area (Å²) >= 11 is 5.85. The molecule has 0 unspecified atom stereocenters. The summed E-state index contributed by atoms with van der Waals surface area (Å²) in [5.74, 6) is -0.555. The number of pyridine rings is 1. The van der Waals surface area contributed by atoms with Crippen LogP contribution in [0.4, 0.5) is 0 Å². The van der Waals surface area contributed by atoms with Crippen LogP contribution in [-0.4, -0.2) is 42.1 Å². The number of carbonyl (C=O) groups excluding carboxylic acids is 2. The molecule has 1 aliphatic rings. The summed E-state index contributed by atoms with van der Waals surface area (Å²) in [7, 11) is -4.06. The van der Waals surface area contributed by atoms with Gasteiger partial charge in [0, 0.05) is 31.4 Å². The number of hydrogen-bond acceptors (Lipinski definition) is 5. The number of halogens is 1. The van der Waals surface area contributed by atoms with Crippen molar-refractivity contribution in [1.82, 2.24) is 19.9 Å². The van der Waals surface area contributed by atoms with E-state index in [-0.39, 0.29) is 28.4 Å². The Morgan fingerprint density at radius 2 is 1.78 bits per heavy atom. The summed E-state index contributed by atoms with van der Waals surface area (Å²) in [6.45, 7) is 0.882. The summed E-state index contributed by atoms with van der Waals surface area (Å²) in [6.07, 6.45) is 3.10. The van der Waals surface area contributed by atoms with Crippen molar-refractivity contribution in [1.29, 1.82) is 0 Å². The van der Waals surface area contributed by atoms with Gasteiger partial charge in [-0.25, -0.2) is 13.4 Å². The van der Waals surface area contributed by atoms with Crippen molar-refractivity contribution in [2.45, 2.75) is 43.3 Å². The first-order valence-electron chi connectivity index (χ1n) is 11.7. The third-order valence-electron chi connectivity index (χ3n) is 6.01. The lowest BCUT2D eigenvalue weighted by Gasteiger charge is -2.29. The number of rotatable bonds is 8. The Kier molecular flexibility index (Phi) is 8.35. The molecule has 1 atom stereocenters. The van der Waals surface area contributed by atoms with E-state index in [1.165, 1.54) is 22.6 Å². The van der Waals surface area contributed by atoms with Crippen LogP contribution in [0.2, 0.25) is 5.15 Å². The van der Waals surface area contributed by atoms with E-state index in [0.29, 0.717) is 30.6 Å². The van der Waals surface area contributed by atoms with Gasteiger partial charge in [0.25, 0.3) is 5.91 Å². The first-order chi connectivity index (χ1) is 17.3. The lowest BCUT2D eigenvalue weighted by atomic mass is 10.1. The van der Waals surface area contributed by atoms with Gasteiger partial charge in [-0.1, -0.05) is 54.1 Å². The van der Waals surface area contributed by atoms with Crippen molar-refractivity contribution < 1.29 is 18.0 Å². The molecular formula is C26H27ClN4O4S. The summed E-state index contributed by atoms with van der Waals surface area (Å²) < 4.78 is 28.4. The van der Waals surface area contributed by atoms with E-state index in [1.807, 2.05) is 30.3 Å². The molecule has 1 fully saturated rings. The topological polar surface area (TPSA) is 108 Å². The average molecular weight is 527 g/mol. The molecule has 0 aliphatic carbocycles. The standard InChI is InChI=1S/C26H27ClN4O4S/c27-24-14-13-22(17-29-24)36(34,35)31(23-8-4-5-15-28-26(23)33)18-20-9-11-21(12-10-20)25(32)30-16-19-6-2-1-3-7-19/h1-3,6-7,9-14,17,23H,4-5,8,15-16,18H2,(H,28,33)(H,30,32)/t23-/m1/s1. The number of benzene rings is 2. The Bertz CT molecular complexity index is 1300. The minimum Gasteiger partial charge on any atom is -0.355 e. The van der Waals surface area contributed by atoms with Gasteiger partial charge in [-0.2, -0.15) is 4.31 Å². The van der Waals surface area contributed by atoms with Crippen LogP contribution in [0.25, 0.3) is 0 Å². The molecule has 4 rings (SSSR count). The van der Waals surface area contributed by atoms with Crippen molar-refractivity contribution in [3.05, 3.63) is 94.8 Å². The quantitative estimate of drug-likeness (QED) is 0.436. The van der Waals surface area contributed by atoms with E-state index in [1.54, 1.807) is 24.3 Å². The summed E-state index contributed by atoms with van der Waals surface area (Å²) in [4.78, 5) is 29.2. The second-order valence-electron chi connectivity index (χ2n) is 8.53. The molecule has 2 heterocycles. The second kappa shape index (κ2) is 11.6. The number of carbonyl (C=O) groups is 2. The molecule has 0 saturated carbocycles. The molecule has 2 amide bonds. The summed E-state index contributed by atoms with van der Waals surface area (Å²) in [5.41, 5.74) is 2.09. The van der Waals surface area contributed by atoms with Crippen LogP contribution in [0.3, 0.4) is 0 Å². The minimum absolute atomic E-state index is 0.0328. The largest absolute Gasteiger partial charge is 0.355 e. The van der Waals surface area contributed by atoms with Crippen LogP contribution in [0, 0.1) is 0 Å². The van der Waals surface area contributed by atoms with Crippen LogP contribution in [-0.2, 0) is 27.9 Å². The maximum absolute atomic E-state index is 13.6. The van der Waals surface area contributed by atoms with Gasteiger partial charge in [0.1, 0.15) is 16.1 Å². The fourth-order valence-electron chi connectivity index (χ4n) is 4.03. The zero-order valence-corrected chi connectivity index (χ0v) is 21.1. The van der Waals surface area contributed by atoms with E-state index < -0.39 is 16.1 Å². The number of sulfonamides is 1. The molecule has 3 aromatic rings. The number of nitrogens with one attached hydrogen (secondary N) is 2. The SMILES string of the molecule is O=C(NCc1ccccc1)c1ccc(CN([C@@H]2CCCCNC2=O)S(=O)(=O)c2ccc(Cl)nc2)cc1. The first kappa shape index (κ1) is 25.8. The highest BCUT2D eigenvalue weighted by Crippen LogP contribution is 2.25. The van der Waals surface area contributed by atoms with Crippen LogP contribution >= 0.6 is 11.6 Å². The molecule has 1 saturated heterocycles. The lowest BCUT2D eigenvalue weighted by Crippen LogP contribution is -2.48. The predicted octanol–water partition coefficient (Wildman–Crippen LogP) is 3.52. The summed E-state index contributed by atoms with van der Waals surface area (Å²) in [5, 5.41) is 5.86. The molecule has 188 valence electrons. The van der Waals surface area contributed by atoms with Crippen LogP contribution in [0.1, 0.15) is 40.7 Å². The Balaban J connectivity index is 1.55. The van der Waals surface area contributed by atoms with E-state index in [0.717, 1.165) is 18.4 Å². The first-order valence-corrected chi connectivity index (χ1v) is 13.5. The van der Waals surface area contributed by atoms with E-state index >= 15 is 0 Å². The van der Waals surface area contributed by atoms with Crippen molar-refractivity contribution in [3.8, 4) is 0 Å². The number of aromatic nitrogens is 1. The Labute approximate surface area is 215 Å². The molecule has 0 radical (unpaired) electrons. The van der Waals surface area contributed by atoms with E-state index in [4.69, 9.17) is 11.6 Å². The molecule has 2 N–H and O–H groups in total. The Morgan fingerprint density at radius 3 is 2.47 bits per heavy atom. The Morgan fingerprint density at radius 1 is 1.03 bits per heavy atom.